The Hall–Kier alpha value is 0.270. The van der Waals surface area contributed by atoms with Crippen molar-refractivity contribution in [2.75, 3.05) is 24.6 Å². The van der Waals surface area contributed by atoms with E-state index in [2.05, 4.69) is 37.4 Å². The second-order valence-corrected chi connectivity index (χ2v) is 5.49. The van der Waals surface area contributed by atoms with Crippen molar-refractivity contribution in [3.63, 3.8) is 0 Å². The van der Waals surface area contributed by atoms with Crippen molar-refractivity contribution in [2.24, 2.45) is 11.7 Å². The summed E-state index contributed by atoms with van der Waals surface area (Å²) in [6.45, 7) is 8.94. The van der Waals surface area contributed by atoms with Crippen molar-refractivity contribution < 1.29 is 0 Å². The van der Waals surface area contributed by atoms with Gasteiger partial charge in [0, 0.05) is 18.8 Å². The molecule has 0 bridgehead atoms. The van der Waals surface area contributed by atoms with Crippen LogP contribution in [-0.2, 0) is 0 Å². The van der Waals surface area contributed by atoms with E-state index in [9.17, 15) is 0 Å². The highest BCUT2D eigenvalue weighted by Gasteiger charge is 2.27. The largest absolute Gasteiger partial charge is 0.313 e. The molecule has 0 radical (unpaired) electrons. The van der Waals surface area contributed by atoms with E-state index in [1.807, 2.05) is 0 Å². The first-order chi connectivity index (χ1) is 6.06. The maximum Gasteiger partial charge on any atom is 0.0655 e. The van der Waals surface area contributed by atoms with Gasteiger partial charge in [-0.25, -0.2) is 0 Å². The fourth-order valence-electron chi connectivity index (χ4n) is 1.67. The van der Waals surface area contributed by atoms with Gasteiger partial charge in [0.1, 0.15) is 0 Å². The molecule has 2 N–H and O–H groups in total. The lowest BCUT2D eigenvalue weighted by Crippen LogP contribution is -2.54. The standard InChI is InChI=1S/C10H22N2S/c1-4-10(3,11)12-5-6-13-8-9(2)7-12/h9H,4-8,11H2,1-3H3. The predicted octanol–water partition coefficient (Wildman–Crippen LogP) is 1.76. The molecule has 2 atom stereocenters. The van der Waals surface area contributed by atoms with Crippen molar-refractivity contribution >= 4 is 11.8 Å². The van der Waals surface area contributed by atoms with Crippen LogP contribution >= 0.6 is 11.8 Å². The van der Waals surface area contributed by atoms with Crippen molar-refractivity contribution in [1.29, 1.82) is 0 Å². The predicted molar refractivity (Wildman–Crippen MR) is 60.9 cm³/mol. The van der Waals surface area contributed by atoms with Gasteiger partial charge in [0.2, 0.25) is 0 Å². The number of nitrogens with zero attached hydrogens (tertiary/aromatic N) is 1. The number of thioether (sulfide) groups is 1. The van der Waals surface area contributed by atoms with Crippen LogP contribution in [0.5, 0.6) is 0 Å². The van der Waals surface area contributed by atoms with Gasteiger partial charge >= 0.3 is 0 Å². The zero-order valence-electron chi connectivity index (χ0n) is 9.05. The summed E-state index contributed by atoms with van der Waals surface area (Å²) >= 11 is 2.06. The number of hydrogen-bond acceptors (Lipinski definition) is 3. The Balaban J connectivity index is 2.56. The zero-order chi connectivity index (χ0) is 9.90. The van der Waals surface area contributed by atoms with E-state index in [1.54, 1.807) is 0 Å². The quantitative estimate of drug-likeness (QED) is 0.740. The van der Waals surface area contributed by atoms with Crippen molar-refractivity contribution in [1.82, 2.24) is 4.90 Å². The smallest absolute Gasteiger partial charge is 0.0655 e. The molecular formula is C10H22N2S. The van der Waals surface area contributed by atoms with Gasteiger partial charge in [-0.2, -0.15) is 11.8 Å². The Morgan fingerprint density at radius 3 is 2.92 bits per heavy atom. The van der Waals surface area contributed by atoms with Crippen LogP contribution in [0.3, 0.4) is 0 Å². The third-order valence-corrected chi connectivity index (χ3v) is 4.15. The van der Waals surface area contributed by atoms with E-state index in [1.165, 1.54) is 11.5 Å². The highest BCUT2D eigenvalue weighted by molar-refractivity contribution is 7.99. The average Bonchev–Trinajstić information content (AvgIpc) is 2.30. The highest BCUT2D eigenvalue weighted by atomic mass is 32.2. The van der Waals surface area contributed by atoms with Crippen molar-refractivity contribution in [2.45, 2.75) is 32.9 Å². The fourth-order valence-corrected chi connectivity index (χ4v) is 2.69. The van der Waals surface area contributed by atoms with Gasteiger partial charge in [-0.05, 0) is 25.0 Å². The van der Waals surface area contributed by atoms with E-state index in [4.69, 9.17) is 5.73 Å². The summed E-state index contributed by atoms with van der Waals surface area (Å²) in [5.74, 6) is 3.30. The van der Waals surface area contributed by atoms with Crippen molar-refractivity contribution in [3.05, 3.63) is 0 Å². The molecule has 1 fully saturated rings. The molecule has 1 aliphatic rings. The Morgan fingerprint density at radius 2 is 2.31 bits per heavy atom. The molecule has 78 valence electrons. The number of rotatable bonds is 2. The third kappa shape index (κ3) is 3.15. The molecule has 1 saturated heterocycles. The summed E-state index contributed by atoms with van der Waals surface area (Å²) in [5, 5.41) is 0. The van der Waals surface area contributed by atoms with Gasteiger partial charge < -0.3 is 5.73 Å². The lowest BCUT2D eigenvalue weighted by molar-refractivity contribution is 0.101. The van der Waals surface area contributed by atoms with Crippen LogP contribution in [0, 0.1) is 5.92 Å². The summed E-state index contributed by atoms with van der Waals surface area (Å²) < 4.78 is 0. The van der Waals surface area contributed by atoms with Crippen LogP contribution in [0.4, 0.5) is 0 Å². The SMILES string of the molecule is CCC(C)(N)N1CCSCC(C)C1. The summed E-state index contributed by atoms with van der Waals surface area (Å²) in [4.78, 5) is 2.44. The number of hydrogen-bond donors (Lipinski definition) is 1. The first kappa shape index (κ1) is 11.3. The summed E-state index contributed by atoms with van der Waals surface area (Å²) in [5.41, 5.74) is 6.14. The summed E-state index contributed by atoms with van der Waals surface area (Å²) in [6.07, 6.45) is 1.03. The molecular weight excluding hydrogens is 180 g/mol. The molecule has 0 aliphatic carbocycles. The van der Waals surface area contributed by atoms with Gasteiger partial charge in [0.15, 0.2) is 0 Å². The lowest BCUT2D eigenvalue weighted by Gasteiger charge is -2.37. The minimum absolute atomic E-state index is 0.0981. The van der Waals surface area contributed by atoms with Gasteiger partial charge in [-0.1, -0.05) is 13.8 Å². The second kappa shape index (κ2) is 4.67. The van der Waals surface area contributed by atoms with Crippen LogP contribution in [0.15, 0.2) is 0 Å². The Kier molecular flexibility index (Phi) is 4.07. The van der Waals surface area contributed by atoms with Crippen LogP contribution in [-0.4, -0.2) is 35.2 Å². The molecule has 0 saturated carbocycles. The van der Waals surface area contributed by atoms with E-state index < -0.39 is 0 Å². The van der Waals surface area contributed by atoms with Crippen LogP contribution in [0.25, 0.3) is 0 Å². The van der Waals surface area contributed by atoms with Crippen LogP contribution < -0.4 is 5.73 Å². The van der Waals surface area contributed by atoms with Gasteiger partial charge in [0.25, 0.3) is 0 Å². The van der Waals surface area contributed by atoms with Gasteiger partial charge in [0.05, 0.1) is 5.66 Å². The van der Waals surface area contributed by atoms with Crippen LogP contribution in [0.2, 0.25) is 0 Å². The molecule has 1 aliphatic heterocycles. The molecule has 1 heterocycles. The first-order valence-corrected chi connectivity index (χ1v) is 6.33. The molecule has 3 heteroatoms. The number of nitrogens with two attached hydrogens (primary N) is 1. The van der Waals surface area contributed by atoms with Gasteiger partial charge in [-0.3, -0.25) is 4.90 Å². The molecule has 1 rings (SSSR count). The third-order valence-electron chi connectivity index (χ3n) is 2.88. The van der Waals surface area contributed by atoms with E-state index in [-0.39, 0.29) is 5.66 Å². The van der Waals surface area contributed by atoms with E-state index in [0.29, 0.717) is 0 Å². The van der Waals surface area contributed by atoms with Crippen LogP contribution in [0.1, 0.15) is 27.2 Å². The molecule has 2 unspecified atom stereocenters. The monoisotopic (exact) mass is 202 g/mol. The highest BCUT2D eigenvalue weighted by Crippen LogP contribution is 2.21. The Morgan fingerprint density at radius 1 is 1.62 bits per heavy atom. The minimum Gasteiger partial charge on any atom is -0.313 e. The Bertz CT molecular complexity index is 159. The van der Waals surface area contributed by atoms with E-state index in [0.717, 1.165) is 25.4 Å². The van der Waals surface area contributed by atoms with E-state index >= 15 is 0 Å². The topological polar surface area (TPSA) is 29.3 Å². The molecule has 0 spiro atoms. The first-order valence-electron chi connectivity index (χ1n) is 5.18. The maximum absolute atomic E-state index is 6.24. The minimum atomic E-state index is -0.0981. The molecule has 0 aromatic heterocycles. The molecule has 0 amide bonds. The zero-order valence-corrected chi connectivity index (χ0v) is 9.86. The maximum atomic E-state index is 6.24. The Labute approximate surface area is 86.2 Å². The second-order valence-electron chi connectivity index (χ2n) is 4.34. The lowest BCUT2D eigenvalue weighted by atomic mass is 10.1. The summed E-state index contributed by atoms with van der Waals surface area (Å²) in [6, 6.07) is 0. The van der Waals surface area contributed by atoms with Crippen molar-refractivity contribution in [3.8, 4) is 0 Å². The molecule has 13 heavy (non-hydrogen) atoms. The molecule has 0 aromatic carbocycles. The molecule has 2 nitrogen and oxygen atoms in total. The average molecular weight is 202 g/mol. The van der Waals surface area contributed by atoms with Gasteiger partial charge in [-0.15, -0.1) is 0 Å². The fraction of sp³-hybridized carbons (Fsp3) is 1.00. The molecule has 0 aromatic rings. The summed E-state index contributed by atoms with van der Waals surface area (Å²) in [7, 11) is 0. The normalized spacial score (nSPS) is 30.9.